The number of benzene rings is 1. The van der Waals surface area contributed by atoms with Crippen molar-refractivity contribution < 1.29 is 9.53 Å². The molecule has 1 atom stereocenters. The van der Waals surface area contributed by atoms with Crippen LogP contribution < -0.4 is 11.1 Å². The van der Waals surface area contributed by atoms with Crippen LogP contribution in [-0.4, -0.2) is 26.2 Å². The van der Waals surface area contributed by atoms with Crippen molar-refractivity contribution >= 4 is 11.6 Å². The van der Waals surface area contributed by atoms with Gasteiger partial charge in [0, 0.05) is 19.3 Å². The molecule has 3 N–H and O–H groups in total. The third kappa shape index (κ3) is 4.65. The van der Waals surface area contributed by atoms with E-state index in [0.29, 0.717) is 13.2 Å². The Hall–Kier alpha value is -1.39. The SMILES string of the molecule is COCCc1ccccc1NC(=O)C(CN)C(C)C. The first-order valence-corrected chi connectivity index (χ1v) is 6.68. The summed E-state index contributed by atoms with van der Waals surface area (Å²) in [4.78, 5) is 12.2. The minimum Gasteiger partial charge on any atom is -0.384 e. The number of para-hydroxylation sites is 1. The van der Waals surface area contributed by atoms with Crippen LogP contribution >= 0.6 is 0 Å². The smallest absolute Gasteiger partial charge is 0.229 e. The lowest BCUT2D eigenvalue weighted by molar-refractivity contribution is -0.120. The van der Waals surface area contributed by atoms with Crippen molar-refractivity contribution in [2.75, 3.05) is 25.6 Å². The number of rotatable bonds is 7. The normalized spacial score (nSPS) is 12.5. The van der Waals surface area contributed by atoms with Gasteiger partial charge in [-0.1, -0.05) is 32.0 Å². The average Bonchev–Trinajstić information content (AvgIpc) is 2.38. The van der Waals surface area contributed by atoms with E-state index in [9.17, 15) is 4.79 Å². The first-order chi connectivity index (χ1) is 9.10. The molecule has 1 aromatic carbocycles. The lowest BCUT2D eigenvalue weighted by atomic mass is 9.95. The summed E-state index contributed by atoms with van der Waals surface area (Å²) in [5, 5.41) is 2.98. The standard InChI is InChI=1S/C15H24N2O2/c1-11(2)13(10-16)15(18)17-14-7-5-4-6-12(14)8-9-19-3/h4-7,11,13H,8-10,16H2,1-3H3,(H,17,18). The molecule has 0 saturated heterocycles. The molecule has 1 rings (SSSR count). The molecule has 0 spiro atoms. The van der Waals surface area contributed by atoms with Gasteiger partial charge in [0.15, 0.2) is 0 Å². The highest BCUT2D eigenvalue weighted by Gasteiger charge is 2.21. The van der Waals surface area contributed by atoms with Gasteiger partial charge >= 0.3 is 0 Å². The van der Waals surface area contributed by atoms with Crippen molar-refractivity contribution in [3.63, 3.8) is 0 Å². The van der Waals surface area contributed by atoms with E-state index in [1.165, 1.54) is 0 Å². The van der Waals surface area contributed by atoms with Crippen LogP contribution in [-0.2, 0) is 16.0 Å². The minimum absolute atomic E-state index is 0.0117. The molecule has 1 unspecified atom stereocenters. The second-order valence-electron chi connectivity index (χ2n) is 4.98. The van der Waals surface area contributed by atoms with Gasteiger partial charge in [0.1, 0.15) is 0 Å². The van der Waals surface area contributed by atoms with Gasteiger partial charge < -0.3 is 15.8 Å². The molecule has 4 nitrogen and oxygen atoms in total. The number of ether oxygens (including phenoxy) is 1. The Labute approximate surface area is 115 Å². The van der Waals surface area contributed by atoms with E-state index in [2.05, 4.69) is 5.32 Å². The van der Waals surface area contributed by atoms with E-state index in [1.54, 1.807) is 7.11 Å². The molecule has 0 aliphatic rings. The molecule has 4 heteroatoms. The zero-order valence-electron chi connectivity index (χ0n) is 12.0. The summed E-state index contributed by atoms with van der Waals surface area (Å²) in [6, 6.07) is 7.79. The number of carbonyl (C=O) groups excluding carboxylic acids is 1. The maximum absolute atomic E-state index is 12.2. The summed E-state index contributed by atoms with van der Waals surface area (Å²) in [7, 11) is 1.67. The molecule has 19 heavy (non-hydrogen) atoms. The summed E-state index contributed by atoms with van der Waals surface area (Å²) < 4.78 is 5.08. The average molecular weight is 264 g/mol. The fourth-order valence-electron chi connectivity index (χ4n) is 1.98. The molecule has 1 aromatic rings. The van der Waals surface area contributed by atoms with Gasteiger partial charge in [-0.25, -0.2) is 0 Å². The second kappa shape index (κ2) is 7.92. The Morgan fingerprint density at radius 2 is 2.05 bits per heavy atom. The maximum atomic E-state index is 12.2. The number of hydrogen-bond acceptors (Lipinski definition) is 3. The molecule has 0 aromatic heterocycles. The van der Waals surface area contributed by atoms with Gasteiger partial charge in [-0.15, -0.1) is 0 Å². The molecule has 1 amide bonds. The molecule has 0 fully saturated rings. The Morgan fingerprint density at radius 3 is 2.63 bits per heavy atom. The molecule has 0 heterocycles. The zero-order valence-corrected chi connectivity index (χ0v) is 12.0. The van der Waals surface area contributed by atoms with E-state index in [4.69, 9.17) is 10.5 Å². The van der Waals surface area contributed by atoms with Gasteiger partial charge in [0.05, 0.1) is 12.5 Å². The number of hydrogen-bond donors (Lipinski definition) is 2. The fourth-order valence-corrected chi connectivity index (χ4v) is 1.98. The largest absolute Gasteiger partial charge is 0.384 e. The van der Waals surface area contributed by atoms with Gasteiger partial charge in [-0.2, -0.15) is 0 Å². The van der Waals surface area contributed by atoms with Crippen molar-refractivity contribution in [1.29, 1.82) is 0 Å². The van der Waals surface area contributed by atoms with Crippen molar-refractivity contribution in [3.8, 4) is 0 Å². The van der Waals surface area contributed by atoms with Crippen molar-refractivity contribution in [3.05, 3.63) is 29.8 Å². The molecule has 0 aliphatic heterocycles. The number of nitrogens with one attached hydrogen (secondary N) is 1. The molecule has 0 saturated carbocycles. The third-order valence-corrected chi connectivity index (χ3v) is 3.25. The van der Waals surface area contributed by atoms with E-state index < -0.39 is 0 Å². The Morgan fingerprint density at radius 1 is 1.37 bits per heavy atom. The van der Waals surface area contributed by atoms with Gasteiger partial charge in [0.2, 0.25) is 5.91 Å². The molecular formula is C15H24N2O2. The van der Waals surface area contributed by atoms with E-state index in [-0.39, 0.29) is 17.7 Å². The second-order valence-corrected chi connectivity index (χ2v) is 4.98. The highest BCUT2D eigenvalue weighted by molar-refractivity contribution is 5.93. The van der Waals surface area contributed by atoms with Gasteiger partial charge in [-0.3, -0.25) is 4.79 Å². The number of anilines is 1. The third-order valence-electron chi connectivity index (χ3n) is 3.25. The molecule has 0 radical (unpaired) electrons. The summed E-state index contributed by atoms with van der Waals surface area (Å²) in [5.41, 5.74) is 7.60. The predicted molar refractivity (Wildman–Crippen MR) is 78.0 cm³/mol. The quantitative estimate of drug-likeness (QED) is 0.792. The highest BCUT2D eigenvalue weighted by Crippen LogP contribution is 2.18. The summed E-state index contributed by atoms with van der Waals surface area (Å²) in [6.07, 6.45) is 0.780. The number of nitrogens with two attached hydrogens (primary N) is 1. The highest BCUT2D eigenvalue weighted by atomic mass is 16.5. The van der Waals surface area contributed by atoms with Crippen molar-refractivity contribution in [2.45, 2.75) is 20.3 Å². The first kappa shape index (κ1) is 15.7. The van der Waals surface area contributed by atoms with Crippen LogP contribution in [0, 0.1) is 11.8 Å². The van der Waals surface area contributed by atoms with Crippen molar-refractivity contribution in [1.82, 2.24) is 0 Å². The van der Waals surface area contributed by atoms with E-state index >= 15 is 0 Å². The Kier molecular flexibility index (Phi) is 6.53. The Balaban J connectivity index is 2.78. The van der Waals surface area contributed by atoms with Crippen LogP contribution in [0.1, 0.15) is 19.4 Å². The zero-order chi connectivity index (χ0) is 14.3. The number of amides is 1. The lowest BCUT2D eigenvalue weighted by Crippen LogP contribution is -2.33. The van der Waals surface area contributed by atoms with Gasteiger partial charge in [0.25, 0.3) is 0 Å². The summed E-state index contributed by atoms with van der Waals surface area (Å²) in [5.74, 6) is 0.0639. The first-order valence-electron chi connectivity index (χ1n) is 6.68. The van der Waals surface area contributed by atoms with E-state index in [1.807, 2.05) is 38.1 Å². The van der Waals surface area contributed by atoms with Crippen LogP contribution in [0.5, 0.6) is 0 Å². The van der Waals surface area contributed by atoms with E-state index in [0.717, 1.165) is 17.7 Å². The summed E-state index contributed by atoms with van der Waals surface area (Å²) in [6.45, 7) is 5.02. The van der Waals surface area contributed by atoms with Crippen LogP contribution in [0.4, 0.5) is 5.69 Å². The number of carbonyl (C=O) groups is 1. The monoisotopic (exact) mass is 264 g/mol. The molecular weight excluding hydrogens is 240 g/mol. The maximum Gasteiger partial charge on any atom is 0.229 e. The van der Waals surface area contributed by atoms with Crippen molar-refractivity contribution in [2.24, 2.45) is 17.6 Å². The summed E-state index contributed by atoms with van der Waals surface area (Å²) >= 11 is 0. The van der Waals surface area contributed by atoms with Gasteiger partial charge in [-0.05, 0) is 24.0 Å². The number of methoxy groups -OCH3 is 1. The van der Waals surface area contributed by atoms with Crippen LogP contribution in [0.3, 0.4) is 0 Å². The molecule has 106 valence electrons. The Bertz CT molecular complexity index is 405. The molecule has 0 aliphatic carbocycles. The van der Waals surface area contributed by atoms with Crippen LogP contribution in [0.25, 0.3) is 0 Å². The topological polar surface area (TPSA) is 64.3 Å². The minimum atomic E-state index is -0.157. The fraction of sp³-hybridized carbons (Fsp3) is 0.533. The van der Waals surface area contributed by atoms with Crippen LogP contribution in [0.2, 0.25) is 0 Å². The molecule has 0 bridgehead atoms. The predicted octanol–water partition coefficient (Wildman–Crippen LogP) is 2.04. The van der Waals surface area contributed by atoms with Crippen LogP contribution in [0.15, 0.2) is 24.3 Å². The lowest BCUT2D eigenvalue weighted by Gasteiger charge is -2.19.